The minimum absolute atomic E-state index is 0.577. The molecule has 1 fully saturated rings. The van der Waals surface area contributed by atoms with Gasteiger partial charge in [-0.05, 0) is 44.0 Å². The van der Waals surface area contributed by atoms with Crippen LogP contribution in [0.3, 0.4) is 0 Å². The van der Waals surface area contributed by atoms with Crippen molar-refractivity contribution < 1.29 is 0 Å². The monoisotopic (exact) mass is 233 g/mol. The average molecular weight is 233 g/mol. The number of aryl methyl sites for hydroxylation is 1. The summed E-state index contributed by atoms with van der Waals surface area (Å²) in [6, 6.07) is 7.37. The van der Waals surface area contributed by atoms with Crippen LogP contribution in [0.15, 0.2) is 18.2 Å². The van der Waals surface area contributed by atoms with E-state index in [0.717, 1.165) is 25.3 Å². The first kappa shape index (κ1) is 12.4. The van der Waals surface area contributed by atoms with Gasteiger partial charge in [-0.2, -0.15) is 0 Å². The number of piperazine rings is 1. The minimum atomic E-state index is 0.577. The highest BCUT2D eigenvalue weighted by Crippen LogP contribution is 2.16. The van der Waals surface area contributed by atoms with Crippen molar-refractivity contribution in [3.05, 3.63) is 29.3 Å². The summed E-state index contributed by atoms with van der Waals surface area (Å²) < 4.78 is 0. The lowest BCUT2D eigenvalue weighted by atomic mass is 10.1. The summed E-state index contributed by atoms with van der Waals surface area (Å²) in [5.41, 5.74) is 9.32. The van der Waals surface area contributed by atoms with E-state index in [0.29, 0.717) is 12.1 Å². The van der Waals surface area contributed by atoms with Gasteiger partial charge in [-0.25, -0.2) is 0 Å². The fourth-order valence-corrected chi connectivity index (χ4v) is 2.71. The largest absolute Gasteiger partial charge is 0.399 e. The van der Waals surface area contributed by atoms with E-state index in [4.69, 9.17) is 5.73 Å². The number of rotatable bonds is 2. The van der Waals surface area contributed by atoms with Crippen LogP contribution in [-0.2, 0) is 6.54 Å². The maximum absolute atomic E-state index is 5.78. The molecule has 0 spiro atoms. The zero-order chi connectivity index (χ0) is 12.4. The molecule has 2 atom stereocenters. The first-order chi connectivity index (χ1) is 8.04. The number of nitrogens with two attached hydrogens (primary N) is 1. The maximum Gasteiger partial charge on any atom is 0.0316 e. The van der Waals surface area contributed by atoms with E-state index in [9.17, 15) is 0 Å². The third-order valence-corrected chi connectivity index (χ3v) is 3.39. The molecule has 3 N–H and O–H groups in total. The van der Waals surface area contributed by atoms with Gasteiger partial charge in [0.05, 0.1) is 0 Å². The van der Waals surface area contributed by atoms with E-state index in [1.807, 2.05) is 6.07 Å². The van der Waals surface area contributed by atoms with E-state index in [1.54, 1.807) is 0 Å². The van der Waals surface area contributed by atoms with Crippen molar-refractivity contribution in [1.29, 1.82) is 0 Å². The first-order valence-corrected chi connectivity index (χ1v) is 6.38. The fourth-order valence-electron chi connectivity index (χ4n) is 2.71. The van der Waals surface area contributed by atoms with Crippen molar-refractivity contribution in [3.63, 3.8) is 0 Å². The van der Waals surface area contributed by atoms with Crippen LogP contribution in [-0.4, -0.2) is 30.1 Å². The Kier molecular flexibility index (Phi) is 3.69. The maximum atomic E-state index is 5.78. The van der Waals surface area contributed by atoms with Crippen LogP contribution in [0.5, 0.6) is 0 Å². The summed E-state index contributed by atoms with van der Waals surface area (Å²) in [5, 5.41) is 3.56. The van der Waals surface area contributed by atoms with Crippen molar-refractivity contribution in [2.45, 2.75) is 39.4 Å². The van der Waals surface area contributed by atoms with Crippen LogP contribution in [0.2, 0.25) is 0 Å². The highest BCUT2D eigenvalue weighted by molar-refractivity contribution is 5.44. The SMILES string of the molecule is Cc1cc(N)ccc1CN1C[C@@H](C)N[C@@H](C)C1. The molecule has 1 saturated heterocycles. The molecule has 1 aromatic carbocycles. The number of benzene rings is 1. The minimum Gasteiger partial charge on any atom is -0.399 e. The summed E-state index contributed by atoms with van der Waals surface area (Å²) in [4.78, 5) is 2.52. The summed E-state index contributed by atoms with van der Waals surface area (Å²) in [7, 11) is 0. The van der Waals surface area contributed by atoms with Gasteiger partial charge in [0.2, 0.25) is 0 Å². The molecular weight excluding hydrogens is 210 g/mol. The molecule has 94 valence electrons. The summed E-state index contributed by atoms with van der Waals surface area (Å²) in [6.45, 7) is 9.91. The Morgan fingerprint density at radius 2 is 1.94 bits per heavy atom. The van der Waals surface area contributed by atoms with E-state index in [-0.39, 0.29) is 0 Å². The molecule has 0 saturated carbocycles. The van der Waals surface area contributed by atoms with Crippen LogP contribution in [0.25, 0.3) is 0 Å². The van der Waals surface area contributed by atoms with Crippen LogP contribution < -0.4 is 11.1 Å². The van der Waals surface area contributed by atoms with Crippen molar-refractivity contribution in [2.24, 2.45) is 0 Å². The number of nitrogens with zero attached hydrogens (tertiary/aromatic N) is 1. The highest BCUT2D eigenvalue weighted by atomic mass is 15.2. The molecule has 0 bridgehead atoms. The molecule has 2 rings (SSSR count). The van der Waals surface area contributed by atoms with Crippen molar-refractivity contribution in [3.8, 4) is 0 Å². The Labute approximate surface area is 104 Å². The van der Waals surface area contributed by atoms with Gasteiger partial charge in [-0.1, -0.05) is 6.07 Å². The van der Waals surface area contributed by atoms with Gasteiger partial charge in [0, 0.05) is 37.4 Å². The van der Waals surface area contributed by atoms with Crippen LogP contribution in [0.4, 0.5) is 5.69 Å². The second-order valence-corrected chi connectivity index (χ2v) is 5.35. The molecule has 0 amide bonds. The molecule has 3 heteroatoms. The molecule has 0 aromatic heterocycles. The van der Waals surface area contributed by atoms with Gasteiger partial charge >= 0.3 is 0 Å². The lowest BCUT2D eigenvalue weighted by Gasteiger charge is -2.36. The molecule has 1 aromatic rings. The predicted octanol–water partition coefficient (Wildman–Crippen LogP) is 1.76. The third-order valence-electron chi connectivity index (χ3n) is 3.39. The second kappa shape index (κ2) is 5.07. The van der Waals surface area contributed by atoms with E-state index >= 15 is 0 Å². The average Bonchev–Trinajstić information content (AvgIpc) is 2.21. The number of anilines is 1. The van der Waals surface area contributed by atoms with E-state index in [2.05, 4.69) is 43.1 Å². The van der Waals surface area contributed by atoms with Gasteiger partial charge in [-0.15, -0.1) is 0 Å². The van der Waals surface area contributed by atoms with Gasteiger partial charge in [0.15, 0.2) is 0 Å². The molecule has 0 unspecified atom stereocenters. The molecule has 17 heavy (non-hydrogen) atoms. The van der Waals surface area contributed by atoms with Crippen molar-refractivity contribution in [2.75, 3.05) is 18.8 Å². The van der Waals surface area contributed by atoms with Crippen LogP contribution in [0.1, 0.15) is 25.0 Å². The normalized spacial score (nSPS) is 26.1. The van der Waals surface area contributed by atoms with Gasteiger partial charge < -0.3 is 11.1 Å². The number of nitrogens with one attached hydrogen (secondary N) is 1. The fraction of sp³-hybridized carbons (Fsp3) is 0.571. The Morgan fingerprint density at radius 3 is 2.53 bits per heavy atom. The van der Waals surface area contributed by atoms with Gasteiger partial charge in [-0.3, -0.25) is 4.90 Å². The van der Waals surface area contributed by atoms with Crippen molar-refractivity contribution >= 4 is 5.69 Å². The molecule has 1 heterocycles. The quantitative estimate of drug-likeness (QED) is 0.765. The van der Waals surface area contributed by atoms with Crippen LogP contribution >= 0.6 is 0 Å². The predicted molar refractivity (Wildman–Crippen MR) is 72.9 cm³/mol. The zero-order valence-electron chi connectivity index (χ0n) is 11.0. The number of hydrogen-bond acceptors (Lipinski definition) is 3. The topological polar surface area (TPSA) is 41.3 Å². The molecule has 0 aliphatic carbocycles. The number of hydrogen-bond donors (Lipinski definition) is 2. The van der Waals surface area contributed by atoms with E-state index in [1.165, 1.54) is 11.1 Å². The second-order valence-electron chi connectivity index (χ2n) is 5.35. The molecule has 0 radical (unpaired) electrons. The van der Waals surface area contributed by atoms with Gasteiger partial charge in [0.25, 0.3) is 0 Å². The third kappa shape index (κ3) is 3.20. The summed E-state index contributed by atoms with van der Waals surface area (Å²) in [5.74, 6) is 0. The highest BCUT2D eigenvalue weighted by Gasteiger charge is 2.20. The van der Waals surface area contributed by atoms with Crippen LogP contribution in [0, 0.1) is 6.92 Å². The van der Waals surface area contributed by atoms with Crippen molar-refractivity contribution in [1.82, 2.24) is 10.2 Å². The molecule has 1 aliphatic heterocycles. The zero-order valence-corrected chi connectivity index (χ0v) is 11.0. The smallest absolute Gasteiger partial charge is 0.0316 e. The van der Waals surface area contributed by atoms with Gasteiger partial charge in [0.1, 0.15) is 0 Å². The lowest BCUT2D eigenvalue weighted by molar-refractivity contribution is 0.166. The lowest BCUT2D eigenvalue weighted by Crippen LogP contribution is -2.53. The molecular formula is C14H23N3. The molecule has 1 aliphatic rings. The van der Waals surface area contributed by atoms with E-state index < -0.39 is 0 Å². The Morgan fingerprint density at radius 1 is 1.29 bits per heavy atom. The summed E-state index contributed by atoms with van der Waals surface area (Å²) >= 11 is 0. The summed E-state index contributed by atoms with van der Waals surface area (Å²) in [6.07, 6.45) is 0. The Bertz CT molecular complexity index is 379. The standard InChI is InChI=1S/C14H23N3/c1-10-6-14(15)5-4-13(10)9-17-7-11(2)16-12(3)8-17/h4-6,11-12,16H,7-9,15H2,1-3H3/t11-,12+. The number of nitrogen functional groups attached to an aromatic ring is 1. The Balaban J connectivity index is 2.04. The molecule has 3 nitrogen and oxygen atoms in total. The Hall–Kier alpha value is -1.06. The first-order valence-electron chi connectivity index (χ1n) is 6.38.